The normalized spacial score (nSPS) is 21.2. The molecule has 2 N–H and O–H groups in total. The molecule has 2 heterocycles. The number of likely N-dealkylation sites (N-methyl/N-ethyl adjacent to an activating group) is 1. The number of hydrogen-bond acceptors (Lipinski definition) is 3. The van der Waals surface area contributed by atoms with Crippen molar-refractivity contribution in [2.24, 2.45) is 0 Å². The summed E-state index contributed by atoms with van der Waals surface area (Å²) in [7, 11) is 1.84. The number of nitrogens with zero attached hydrogens (tertiary/aromatic N) is 2. The number of likely N-dealkylation sites (tertiary alicyclic amines) is 1. The Balaban J connectivity index is 2.18. The zero-order valence-corrected chi connectivity index (χ0v) is 10.7. The Labute approximate surface area is 103 Å². The van der Waals surface area contributed by atoms with Crippen LogP contribution in [0.1, 0.15) is 24.3 Å². The quantitative estimate of drug-likeness (QED) is 0.855. The van der Waals surface area contributed by atoms with Crippen LogP contribution in [0.25, 0.3) is 0 Å². The third kappa shape index (κ3) is 2.19. The fraction of sp³-hybridized carbons (Fsp3) is 0.455. The summed E-state index contributed by atoms with van der Waals surface area (Å²) < 4.78 is 0.824. The number of carbonyl (C=O) groups is 1. The van der Waals surface area contributed by atoms with Crippen molar-refractivity contribution >= 4 is 27.7 Å². The fourth-order valence-corrected chi connectivity index (χ4v) is 2.34. The number of halogens is 1. The van der Waals surface area contributed by atoms with Gasteiger partial charge in [-0.15, -0.1) is 0 Å². The van der Waals surface area contributed by atoms with Crippen LogP contribution in [0, 0.1) is 0 Å². The molecule has 1 amide bonds. The first-order valence-corrected chi connectivity index (χ1v) is 6.02. The first kappa shape index (κ1) is 11.4. The van der Waals surface area contributed by atoms with Gasteiger partial charge in [-0.05, 0) is 34.0 Å². The number of nitrogens with two attached hydrogens (primary N) is 1. The van der Waals surface area contributed by atoms with Crippen LogP contribution in [0.5, 0.6) is 0 Å². The lowest BCUT2D eigenvalue weighted by Crippen LogP contribution is -2.35. The van der Waals surface area contributed by atoms with Gasteiger partial charge in [0.1, 0.15) is 5.82 Å². The van der Waals surface area contributed by atoms with Gasteiger partial charge in [0.15, 0.2) is 0 Å². The van der Waals surface area contributed by atoms with E-state index in [9.17, 15) is 4.79 Å². The largest absolute Gasteiger partial charge is 0.383 e. The standard InChI is InChI=1S/C11H14BrN3O/c1-15-6-7(2-3-10(15)16)8-4-9(12)11(13)14-5-8/h4-5,7H,2-3,6H2,1H3,(H2,13,14). The zero-order valence-electron chi connectivity index (χ0n) is 9.11. The van der Waals surface area contributed by atoms with Gasteiger partial charge in [0, 0.05) is 32.1 Å². The van der Waals surface area contributed by atoms with Crippen molar-refractivity contribution in [1.82, 2.24) is 9.88 Å². The third-order valence-corrected chi connectivity index (χ3v) is 3.62. The molecular formula is C11H14BrN3O. The van der Waals surface area contributed by atoms with Crippen LogP contribution in [-0.2, 0) is 4.79 Å². The van der Waals surface area contributed by atoms with Crippen LogP contribution >= 0.6 is 15.9 Å². The maximum absolute atomic E-state index is 11.4. The molecule has 0 radical (unpaired) electrons. The van der Waals surface area contributed by atoms with Crippen LogP contribution in [0.2, 0.25) is 0 Å². The first-order chi connectivity index (χ1) is 7.58. The lowest BCUT2D eigenvalue weighted by Gasteiger charge is -2.29. The van der Waals surface area contributed by atoms with E-state index in [2.05, 4.69) is 20.9 Å². The Morgan fingerprint density at radius 2 is 2.38 bits per heavy atom. The van der Waals surface area contributed by atoms with Gasteiger partial charge >= 0.3 is 0 Å². The number of pyridine rings is 1. The molecule has 16 heavy (non-hydrogen) atoms. The summed E-state index contributed by atoms with van der Waals surface area (Å²) in [6, 6.07) is 2.00. The van der Waals surface area contributed by atoms with Crippen LogP contribution in [0.15, 0.2) is 16.7 Å². The Bertz CT molecular complexity index is 422. The molecule has 0 spiro atoms. The van der Waals surface area contributed by atoms with Gasteiger partial charge in [0.25, 0.3) is 0 Å². The first-order valence-electron chi connectivity index (χ1n) is 5.23. The summed E-state index contributed by atoms with van der Waals surface area (Å²) in [5, 5.41) is 0. The summed E-state index contributed by atoms with van der Waals surface area (Å²) in [6.45, 7) is 0.761. The van der Waals surface area contributed by atoms with E-state index in [0.29, 0.717) is 18.2 Å². The van der Waals surface area contributed by atoms with Gasteiger partial charge in [0.05, 0.1) is 4.47 Å². The number of piperidine rings is 1. The monoisotopic (exact) mass is 283 g/mol. The molecule has 4 nitrogen and oxygen atoms in total. The van der Waals surface area contributed by atoms with Gasteiger partial charge in [-0.25, -0.2) is 4.98 Å². The Morgan fingerprint density at radius 1 is 1.62 bits per heavy atom. The average molecular weight is 284 g/mol. The SMILES string of the molecule is CN1CC(c2cnc(N)c(Br)c2)CCC1=O. The molecule has 86 valence electrons. The second-order valence-corrected chi connectivity index (χ2v) is 5.00. The molecule has 0 saturated carbocycles. The fourth-order valence-electron chi connectivity index (χ4n) is 1.97. The average Bonchev–Trinajstić information content (AvgIpc) is 2.26. The van der Waals surface area contributed by atoms with Gasteiger partial charge in [0.2, 0.25) is 5.91 Å². The molecule has 0 aliphatic carbocycles. The summed E-state index contributed by atoms with van der Waals surface area (Å²) in [5.41, 5.74) is 6.78. The Hall–Kier alpha value is -1.10. The molecule has 1 aromatic heterocycles. The van der Waals surface area contributed by atoms with Crippen LogP contribution in [-0.4, -0.2) is 29.4 Å². The number of nitrogen functional groups attached to an aromatic ring is 1. The van der Waals surface area contributed by atoms with Gasteiger partial charge in [-0.2, -0.15) is 0 Å². The second kappa shape index (κ2) is 4.41. The molecule has 0 aromatic carbocycles. The van der Waals surface area contributed by atoms with Crippen molar-refractivity contribution in [3.8, 4) is 0 Å². The highest BCUT2D eigenvalue weighted by Crippen LogP contribution is 2.29. The molecule has 1 aromatic rings. The molecular weight excluding hydrogens is 270 g/mol. The number of aromatic nitrogens is 1. The molecule has 1 fully saturated rings. The van der Waals surface area contributed by atoms with E-state index in [-0.39, 0.29) is 5.91 Å². The third-order valence-electron chi connectivity index (χ3n) is 2.99. The van der Waals surface area contributed by atoms with Crippen molar-refractivity contribution in [2.45, 2.75) is 18.8 Å². The predicted molar refractivity (Wildman–Crippen MR) is 66.0 cm³/mol. The van der Waals surface area contributed by atoms with E-state index in [1.165, 1.54) is 0 Å². The van der Waals surface area contributed by atoms with Crippen molar-refractivity contribution in [2.75, 3.05) is 19.3 Å². The zero-order chi connectivity index (χ0) is 11.7. The Kier molecular flexibility index (Phi) is 3.14. The highest BCUT2D eigenvalue weighted by Gasteiger charge is 2.24. The van der Waals surface area contributed by atoms with Gasteiger partial charge in [-0.1, -0.05) is 0 Å². The van der Waals surface area contributed by atoms with Gasteiger partial charge < -0.3 is 10.6 Å². The summed E-state index contributed by atoms with van der Waals surface area (Å²) >= 11 is 3.37. The summed E-state index contributed by atoms with van der Waals surface area (Å²) in [4.78, 5) is 17.3. The van der Waals surface area contributed by atoms with E-state index >= 15 is 0 Å². The summed E-state index contributed by atoms with van der Waals surface area (Å²) in [6.07, 6.45) is 3.30. The molecule has 1 unspecified atom stereocenters. The topological polar surface area (TPSA) is 59.2 Å². The number of carbonyl (C=O) groups excluding carboxylic acids is 1. The lowest BCUT2D eigenvalue weighted by molar-refractivity contribution is -0.132. The van der Waals surface area contributed by atoms with Crippen molar-refractivity contribution in [1.29, 1.82) is 0 Å². The second-order valence-electron chi connectivity index (χ2n) is 4.15. The molecule has 1 aliphatic rings. The highest BCUT2D eigenvalue weighted by atomic mass is 79.9. The molecule has 2 rings (SSSR count). The van der Waals surface area contributed by atoms with Crippen LogP contribution in [0.4, 0.5) is 5.82 Å². The number of hydrogen-bond donors (Lipinski definition) is 1. The Morgan fingerprint density at radius 3 is 3.00 bits per heavy atom. The number of amides is 1. The van der Waals surface area contributed by atoms with E-state index in [0.717, 1.165) is 23.0 Å². The molecule has 1 aliphatic heterocycles. The smallest absolute Gasteiger partial charge is 0.222 e. The van der Waals surface area contributed by atoms with Crippen molar-refractivity contribution in [3.05, 3.63) is 22.3 Å². The van der Waals surface area contributed by atoms with E-state index in [1.807, 2.05) is 13.1 Å². The minimum Gasteiger partial charge on any atom is -0.383 e. The summed E-state index contributed by atoms with van der Waals surface area (Å²) in [5.74, 6) is 1.09. The van der Waals surface area contributed by atoms with Crippen LogP contribution in [0.3, 0.4) is 0 Å². The minimum absolute atomic E-state index is 0.221. The lowest BCUT2D eigenvalue weighted by atomic mass is 9.92. The maximum Gasteiger partial charge on any atom is 0.222 e. The van der Waals surface area contributed by atoms with Crippen molar-refractivity contribution in [3.63, 3.8) is 0 Å². The predicted octanol–water partition coefficient (Wildman–Crippen LogP) is 1.76. The van der Waals surface area contributed by atoms with E-state index in [1.54, 1.807) is 11.1 Å². The van der Waals surface area contributed by atoms with Crippen molar-refractivity contribution < 1.29 is 4.79 Å². The van der Waals surface area contributed by atoms with Crippen LogP contribution < -0.4 is 5.73 Å². The van der Waals surface area contributed by atoms with E-state index < -0.39 is 0 Å². The minimum atomic E-state index is 0.221. The molecule has 1 atom stereocenters. The maximum atomic E-state index is 11.4. The molecule has 0 bridgehead atoms. The molecule has 5 heteroatoms. The number of anilines is 1. The molecule has 1 saturated heterocycles. The number of rotatable bonds is 1. The van der Waals surface area contributed by atoms with Gasteiger partial charge in [-0.3, -0.25) is 4.79 Å². The van der Waals surface area contributed by atoms with E-state index in [4.69, 9.17) is 5.73 Å². The highest BCUT2D eigenvalue weighted by molar-refractivity contribution is 9.10.